The quantitative estimate of drug-likeness (QED) is 0.645. The molecule has 1 unspecified atom stereocenters. The van der Waals surface area contributed by atoms with E-state index in [1.807, 2.05) is 56.5 Å². The van der Waals surface area contributed by atoms with Crippen LogP contribution >= 0.6 is 11.8 Å². The summed E-state index contributed by atoms with van der Waals surface area (Å²) in [5, 5.41) is 13.1. The molecule has 2 aromatic carbocycles. The zero-order valence-electron chi connectivity index (χ0n) is 16.4. The van der Waals surface area contributed by atoms with Gasteiger partial charge in [0.1, 0.15) is 18.5 Å². The number of amides is 1. The standard InChI is InChI=1S/C21H28N2O3S/c1-15-9-16(2)11-18(10-15)26-14-17(24)12-23(3)13-21(25)22-19-7-5-6-8-20(19)27-4/h5-11,17,24H,12-14H2,1-4H3,(H,22,25). The summed E-state index contributed by atoms with van der Waals surface area (Å²) in [4.78, 5) is 15.1. The molecule has 6 heteroatoms. The van der Waals surface area contributed by atoms with Crippen molar-refractivity contribution in [1.29, 1.82) is 0 Å². The van der Waals surface area contributed by atoms with E-state index in [-0.39, 0.29) is 19.1 Å². The number of hydrogen-bond donors (Lipinski definition) is 2. The van der Waals surface area contributed by atoms with Gasteiger partial charge in [-0.15, -0.1) is 11.8 Å². The minimum atomic E-state index is -0.679. The molecule has 1 amide bonds. The van der Waals surface area contributed by atoms with Gasteiger partial charge in [-0.25, -0.2) is 0 Å². The van der Waals surface area contributed by atoms with Crippen LogP contribution in [0.2, 0.25) is 0 Å². The summed E-state index contributed by atoms with van der Waals surface area (Å²) < 4.78 is 5.68. The smallest absolute Gasteiger partial charge is 0.238 e. The summed E-state index contributed by atoms with van der Waals surface area (Å²) in [7, 11) is 1.81. The Hall–Kier alpha value is -2.02. The monoisotopic (exact) mass is 388 g/mol. The first kappa shape index (κ1) is 21.3. The maximum Gasteiger partial charge on any atom is 0.238 e. The SMILES string of the molecule is CSc1ccccc1NC(=O)CN(C)CC(O)COc1cc(C)cc(C)c1. The lowest BCUT2D eigenvalue weighted by Crippen LogP contribution is -2.37. The van der Waals surface area contributed by atoms with Crippen molar-refractivity contribution < 1.29 is 14.6 Å². The first-order valence-corrected chi connectivity index (χ1v) is 10.1. The number of nitrogens with zero attached hydrogens (tertiary/aromatic N) is 1. The van der Waals surface area contributed by atoms with Crippen molar-refractivity contribution in [2.24, 2.45) is 0 Å². The van der Waals surface area contributed by atoms with Gasteiger partial charge in [0, 0.05) is 11.4 Å². The third-order valence-electron chi connectivity index (χ3n) is 3.95. The number of aryl methyl sites for hydroxylation is 2. The third kappa shape index (κ3) is 7.25. The molecule has 2 N–H and O–H groups in total. The highest BCUT2D eigenvalue weighted by Gasteiger charge is 2.13. The molecule has 5 nitrogen and oxygen atoms in total. The molecule has 1 atom stereocenters. The van der Waals surface area contributed by atoms with Gasteiger partial charge in [0.2, 0.25) is 5.91 Å². The van der Waals surface area contributed by atoms with E-state index >= 15 is 0 Å². The molecule has 146 valence electrons. The predicted octanol–water partition coefficient (Wildman–Crippen LogP) is 3.34. The molecule has 0 aliphatic rings. The lowest BCUT2D eigenvalue weighted by atomic mass is 10.1. The Morgan fingerprint density at radius 2 is 1.89 bits per heavy atom. The zero-order valence-corrected chi connectivity index (χ0v) is 17.2. The minimum Gasteiger partial charge on any atom is -0.491 e. The molecule has 0 aliphatic heterocycles. The number of carbonyl (C=O) groups is 1. The van der Waals surface area contributed by atoms with Crippen molar-refractivity contribution in [2.75, 3.05) is 38.3 Å². The normalized spacial score (nSPS) is 12.1. The van der Waals surface area contributed by atoms with Crippen LogP contribution in [0.15, 0.2) is 47.4 Å². The second-order valence-electron chi connectivity index (χ2n) is 6.73. The molecule has 27 heavy (non-hydrogen) atoms. The molecular weight excluding hydrogens is 360 g/mol. The predicted molar refractivity (Wildman–Crippen MR) is 112 cm³/mol. The van der Waals surface area contributed by atoms with E-state index in [0.29, 0.717) is 6.54 Å². The number of likely N-dealkylation sites (N-methyl/N-ethyl adjacent to an activating group) is 1. The molecule has 0 bridgehead atoms. The summed E-state index contributed by atoms with van der Waals surface area (Å²) in [6.45, 7) is 4.76. The average molecular weight is 389 g/mol. The Labute approximate surface area is 165 Å². The number of aliphatic hydroxyl groups excluding tert-OH is 1. The van der Waals surface area contributed by atoms with Crippen molar-refractivity contribution in [1.82, 2.24) is 4.90 Å². The van der Waals surface area contributed by atoms with E-state index in [1.165, 1.54) is 0 Å². The van der Waals surface area contributed by atoms with Gasteiger partial charge in [0.15, 0.2) is 0 Å². The molecule has 0 aromatic heterocycles. The number of ether oxygens (including phenoxy) is 1. The first-order chi connectivity index (χ1) is 12.9. The maximum absolute atomic E-state index is 12.3. The van der Waals surface area contributed by atoms with Crippen molar-refractivity contribution in [3.63, 3.8) is 0 Å². The highest BCUT2D eigenvalue weighted by molar-refractivity contribution is 7.98. The fraction of sp³-hybridized carbons (Fsp3) is 0.381. The van der Waals surface area contributed by atoms with Crippen molar-refractivity contribution in [2.45, 2.75) is 24.8 Å². The molecule has 0 radical (unpaired) electrons. The summed E-state index contributed by atoms with van der Waals surface area (Å²) >= 11 is 1.59. The largest absolute Gasteiger partial charge is 0.491 e. The summed E-state index contributed by atoms with van der Waals surface area (Å²) in [5.41, 5.74) is 3.06. The fourth-order valence-electron chi connectivity index (χ4n) is 2.87. The minimum absolute atomic E-state index is 0.110. The summed E-state index contributed by atoms with van der Waals surface area (Å²) in [6, 6.07) is 13.7. The van der Waals surface area contributed by atoms with Gasteiger partial charge in [-0.05, 0) is 62.5 Å². The Kier molecular flexibility index (Phi) is 8.16. The van der Waals surface area contributed by atoms with E-state index in [9.17, 15) is 9.90 Å². The van der Waals surface area contributed by atoms with Crippen LogP contribution in [0.5, 0.6) is 5.75 Å². The van der Waals surface area contributed by atoms with Crippen LogP contribution in [-0.4, -0.2) is 55.0 Å². The van der Waals surface area contributed by atoms with Gasteiger partial charge in [-0.2, -0.15) is 0 Å². The van der Waals surface area contributed by atoms with E-state index in [1.54, 1.807) is 23.7 Å². The fourth-order valence-corrected chi connectivity index (χ4v) is 3.42. The van der Waals surface area contributed by atoms with Crippen molar-refractivity contribution in [3.05, 3.63) is 53.6 Å². The molecule has 0 fully saturated rings. The zero-order chi connectivity index (χ0) is 19.8. The Balaban J connectivity index is 1.78. The number of hydrogen-bond acceptors (Lipinski definition) is 5. The lowest BCUT2D eigenvalue weighted by molar-refractivity contribution is -0.117. The van der Waals surface area contributed by atoms with E-state index in [0.717, 1.165) is 27.5 Å². The van der Waals surface area contributed by atoms with Gasteiger partial charge in [-0.3, -0.25) is 9.69 Å². The molecule has 0 saturated carbocycles. The van der Waals surface area contributed by atoms with Gasteiger partial charge < -0.3 is 15.2 Å². The van der Waals surface area contributed by atoms with Crippen LogP contribution < -0.4 is 10.1 Å². The van der Waals surface area contributed by atoms with Gasteiger partial charge in [0.05, 0.1) is 12.2 Å². The second-order valence-corrected chi connectivity index (χ2v) is 7.58. The highest BCUT2D eigenvalue weighted by atomic mass is 32.2. The van der Waals surface area contributed by atoms with Crippen molar-refractivity contribution >= 4 is 23.4 Å². The molecule has 2 rings (SSSR count). The number of anilines is 1. The van der Waals surface area contributed by atoms with Gasteiger partial charge in [0.25, 0.3) is 0 Å². The molecule has 0 spiro atoms. The topological polar surface area (TPSA) is 61.8 Å². The molecule has 0 heterocycles. The summed E-state index contributed by atoms with van der Waals surface area (Å²) in [6.07, 6.45) is 1.30. The Morgan fingerprint density at radius 1 is 1.22 bits per heavy atom. The molecular formula is C21H28N2O3S. The van der Waals surface area contributed by atoms with Crippen LogP contribution in [-0.2, 0) is 4.79 Å². The van der Waals surface area contributed by atoms with E-state index < -0.39 is 6.10 Å². The second kappa shape index (κ2) is 10.3. The lowest BCUT2D eigenvalue weighted by Gasteiger charge is -2.21. The van der Waals surface area contributed by atoms with Crippen LogP contribution in [0.3, 0.4) is 0 Å². The van der Waals surface area contributed by atoms with E-state index in [4.69, 9.17) is 4.74 Å². The van der Waals surface area contributed by atoms with E-state index in [2.05, 4.69) is 11.4 Å². The van der Waals surface area contributed by atoms with Crippen LogP contribution in [0.4, 0.5) is 5.69 Å². The molecule has 0 aliphatic carbocycles. The molecule has 0 saturated heterocycles. The number of rotatable bonds is 9. The number of para-hydroxylation sites is 1. The number of nitrogens with one attached hydrogen (secondary N) is 1. The molecule has 2 aromatic rings. The summed E-state index contributed by atoms with van der Waals surface area (Å²) in [5.74, 6) is 0.641. The third-order valence-corrected chi connectivity index (χ3v) is 4.75. The van der Waals surface area contributed by atoms with Crippen molar-refractivity contribution in [3.8, 4) is 5.75 Å². The number of thioether (sulfide) groups is 1. The maximum atomic E-state index is 12.3. The van der Waals surface area contributed by atoms with Crippen LogP contribution in [0, 0.1) is 13.8 Å². The van der Waals surface area contributed by atoms with Gasteiger partial charge >= 0.3 is 0 Å². The Bertz CT molecular complexity index is 747. The highest BCUT2D eigenvalue weighted by Crippen LogP contribution is 2.24. The Morgan fingerprint density at radius 3 is 2.56 bits per heavy atom. The van der Waals surface area contributed by atoms with Gasteiger partial charge in [-0.1, -0.05) is 18.2 Å². The first-order valence-electron chi connectivity index (χ1n) is 8.88. The van der Waals surface area contributed by atoms with Crippen LogP contribution in [0.25, 0.3) is 0 Å². The average Bonchev–Trinajstić information content (AvgIpc) is 2.59. The number of aliphatic hydroxyl groups is 1. The number of carbonyl (C=O) groups excluding carboxylic acids is 1. The van der Waals surface area contributed by atoms with Crippen LogP contribution in [0.1, 0.15) is 11.1 Å². The number of benzene rings is 2.